The summed E-state index contributed by atoms with van der Waals surface area (Å²) in [4.78, 5) is 38.6. The quantitative estimate of drug-likeness (QED) is 0.509. The van der Waals surface area contributed by atoms with Gasteiger partial charge in [-0.05, 0) is 42.8 Å². The number of nitrogens with one attached hydrogen (secondary N) is 1. The number of carbonyl (C=O) groups excluding carboxylic acids is 2. The average molecular weight is 452 g/mol. The van der Waals surface area contributed by atoms with Gasteiger partial charge in [0.2, 0.25) is 5.91 Å². The van der Waals surface area contributed by atoms with Gasteiger partial charge < -0.3 is 15.0 Å². The first-order valence-corrected chi connectivity index (χ1v) is 10.5. The lowest BCUT2D eigenvalue weighted by Crippen LogP contribution is -2.41. The number of likely N-dealkylation sites (N-methyl/N-ethyl adjacent to an activating group) is 1. The molecule has 172 valence electrons. The van der Waals surface area contributed by atoms with Crippen molar-refractivity contribution in [2.24, 2.45) is 0 Å². The molecule has 0 spiro atoms. The van der Waals surface area contributed by atoms with Crippen molar-refractivity contribution in [2.75, 3.05) is 19.7 Å². The zero-order valence-electron chi connectivity index (χ0n) is 18.2. The second-order valence-corrected chi connectivity index (χ2v) is 7.16. The molecule has 1 N–H and O–H groups in total. The Kier molecular flexibility index (Phi) is 8.29. The van der Waals surface area contributed by atoms with Gasteiger partial charge in [-0.2, -0.15) is 5.10 Å². The highest BCUT2D eigenvalue weighted by Gasteiger charge is 2.19. The largest absolute Gasteiger partial charge is 0.492 e. The lowest BCUT2D eigenvalue weighted by molar-refractivity contribution is -0.121. The second-order valence-electron chi connectivity index (χ2n) is 7.16. The van der Waals surface area contributed by atoms with Crippen molar-refractivity contribution in [2.45, 2.75) is 20.0 Å². The minimum Gasteiger partial charge on any atom is -0.492 e. The van der Waals surface area contributed by atoms with E-state index in [4.69, 9.17) is 4.74 Å². The molecule has 2 amide bonds. The monoisotopic (exact) mass is 452 g/mol. The van der Waals surface area contributed by atoms with Crippen LogP contribution in [0.15, 0.2) is 71.5 Å². The number of ether oxygens (including phenoxy) is 1. The van der Waals surface area contributed by atoms with Gasteiger partial charge in [0, 0.05) is 19.2 Å². The summed E-state index contributed by atoms with van der Waals surface area (Å²) in [5.74, 6) is -0.513. The fraction of sp³-hybridized carbons (Fsp3) is 0.250. The van der Waals surface area contributed by atoms with E-state index in [9.17, 15) is 18.8 Å². The highest BCUT2D eigenvalue weighted by molar-refractivity contribution is 5.94. The van der Waals surface area contributed by atoms with Gasteiger partial charge in [0.05, 0.1) is 13.1 Å². The number of nitrogens with zero attached hydrogens (tertiary/aromatic N) is 3. The van der Waals surface area contributed by atoms with Crippen molar-refractivity contribution in [3.63, 3.8) is 0 Å². The van der Waals surface area contributed by atoms with Gasteiger partial charge in [-0.3, -0.25) is 14.4 Å². The van der Waals surface area contributed by atoms with Crippen LogP contribution in [-0.4, -0.2) is 46.2 Å². The number of rotatable bonds is 10. The van der Waals surface area contributed by atoms with Crippen LogP contribution in [0.1, 0.15) is 23.0 Å². The number of para-hydroxylation sites is 1. The molecule has 9 heteroatoms. The molecule has 33 heavy (non-hydrogen) atoms. The van der Waals surface area contributed by atoms with E-state index in [1.165, 1.54) is 33.8 Å². The van der Waals surface area contributed by atoms with Crippen LogP contribution in [0.5, 0.6) is 5.75 Å². The zero-order chi connectivity index (χ0) is 23.6. The van der Waals surface area contributed by atoms with E-state index in [1.54, 1.807) is 31.2 Å². The molecule has 0 bridgehead atoms. The van der Waals surface area contributed by atoms with Crippen molar-refractivity contribution in [1.29, 1.82) is 0 Å². The third-order valence-electron chi connectivity index (χ3n) is 4.81. The van der Waals surface area contributed by atoms with E-state index in [0.29, 0.717) is 5.75 Å². The Balaban J connectivity index is 1.58. The standard InChI is InChI=1S/C24H25FN4O4/c1-2-28(17-22(30)26-16-18-8-10-19(25)11-9-18)24(32)21-12-13-23(31)29(27-21)14-15-33-20-6-4-3-5-7-20/h3-13H,2,14-17H2,1H3,(H,26,30). The number of halogens is 1. The highest BCUT2D eigenvalue weighted by Crippen LogP contribution is 2.08. The number of hydrogen-bond acceptors (Lipinski definition) is 5. The Hall–Kier alpha value is -4.01. The molecule has 0 aliphatic rings. The summed E-state index contributed by atoms with van der Waals surface area (Å²) in [5, 5.41) is 6.85. The zero-order valence-corrected chi connectivity index (χ0v) is 18.2. The summed E-state index contributed by atoms with van der Waals surface area (Å²) in [5.41, 5.74) is 0.441. The van der Waals surface area contributed by atoms with Crippen LogP contribution in [0.3, 0.4) is 0 Å². The van der Waals surface area contributed by atoms with E-state index in [2.05, 4.69) is 10.4 Å². The maximum absolute atomic E-state index is 13.0. The molecule has 0 aliphatic heterocycles. The Labute approximate surface area is 190 Å². The van der Waals surface area contributed by atoms with Gasteiger partial charge in [0.1, 0.15) is 23.9 Å². The fourth-order valence-corrected chi connectivity index (χ4v) is 3.01. The lowest BCUT2D eigenvalue weighted by atomic mass is 10.2. The van der Waals surface area contributed by atoms with E-state index >= 15 is 0 Å². The summed E-state index contributed by atoms with van der Waals surface area (Å²) >= 11 is 0. The molecule has 1 heterocycles. The van der Waals surface area contributed by atoms with Crippen molar-refractivity contribution >= 4 is 11.8 Å². The Morgan fingerprint density at radius 3 is 2.48 bits per heavy atom. The van der Waals surface area contributed by atoms with E-state index in [0.717, 1.165) is 5.56 Å². The normalized spacial score (nSPS) is 10.5. The second kappa shape index (κ2) is 11.6. The summed E-state index contributed by atoms with van der Waals surface area (Å²) in [7, 11) is 0. The van der Waals surface area contributed by atoms with Crippen LogP contribution in [0.2, 0.25) is 0 Å². The molecule has 0 fully saturated rings. The van der Waals surface area contributed by atoms with Gasteiger partial charge in [0.15, 0.2) is 0 Å². The average Bonchev–Trinajstić information content (AvgIpc) is 2.83. The third-order valence-corrected chi connectivity index (χ3v) is 4.81. The predicted molar refractivity (Wildman–Crippen MR) is 120 cm³/mol. The summed E-state index contributed by atoms with van der Waals surface area (Å²) in [6, 6.07) is 17.6. The molecular formula is C24H25FN4O4. The van der Waals surface area contributed by atoms with E-state index in [1.807, 2.05) is 18.2 Å². The van der Waals surface area contributed by atoms with E-state index < -0.39 is 5.91 Å². The van der Waals surface area contributed by atoms with Gasteiger partial charge >= 0.3 is 0 Å². The van der Waals surface area contributed by atoms with Crippen LogP contribution in [0, 0.1) is 5.82 Å². The number of aromatic nitrogens is 2. The van der Waals surface area contributed by atoms with Crippen LogP contribution < -0.4 is 15.6 Å². The van der Waals surface area contributed by atoms with Crippen molar-refractivity contribution in [3.05, 3.63) is 94.2 Å². The van der Waals surface area contributed by atoms with Crippen LogP contribution in [0.4, 0.5) is 4.39 Å². The van der Waals surface area contributed by atoms with Crippen molar-refractivity contribution < 1.29 is 18.7 Å². The number of carbonyl (C=O) groups is 2. The first kappa shape index (κ1) is 23.6. The minimum atomic E-state index is -0.466. The number of amides is 2. The summed E-state index contributed by atoms with van der Waals surface area (Å²) < 4.78 is 19.7. The molecule has 3 aromatic rings. The molecule has 0 saturated carbocycles. The van der Waals surface area contributed by atoms with Gasteiger partial charge in [0.25, 0.3) is 11.5 Å². The molecule has 8 nitrogen and oxygen atoms in total. The number of hydrogen-bond donors (Lipinski definition) is 1. The molecule has 3 rings (SSSR count). The fourth-order valence-electron chi connectivity index (χ4n) is 3.01. The molecule has 0 atom stereocenters. The Bertz CT molecular complexity index is 1130. The Morgan fingerprint density at radius 2 is 1.79 bits per heavy atom. The predicted octanol–water partition coefficient (Wildman–Crippen LogP) is 2.24. The SMILES string of the molecule is CCN(CC(=O)NCc1ccc(F)cc1)C(=O)c1ccc(=O)n(CCOc2ccccc2)n1. The molecule has 0 aliphatic carbocycles. The van der Waals surface area contributed by atoms with Crippen LogP contribution in [0.25, 0.3) is 0 Å². The lowest BCUT2D eigenvalue weighted by Gasteiger charge is -2.20. The molecule has 0 saturated heterocycles. The first-order valence-electron chi connectivity index (χ1n) is 10.5. The van der Waals surface area contributed by atoms with Crippen LogP contribution in [-0.2, 0) is 17.9 Å². The Morgan fingerprint density at radius 1 is 1.06 bits per heavy atom. The summed E-state index contributed by atoms with van der Waals surface area (Å²) in [6.07, 6.45) is 0. The molecule has 0 radical (unpaired) electrons. The first-order chi connectivity index (χ1) is 16.0. The van der Waals surface area contributed by atoms with Crippen molar-refractivity contribution in [1.82, 2.24) is 20.0 Å². The van der Waals surface area contributed by atoms with Gasteiger partial charge in [-0.25, -0.2) is 9.07 Å². The molecular weight excluding hydrogens is 427 g/mol. The summed E-state index contributed by atoms with van der Waals surface area (Å²) in [6.45, 7) is 2.44. The van der Waals surface area contributed by atoms with Crippen LogP contribution >= 0.6 is 0 Å². The smallest absolute Gasteiger partial charge is 0.274 e. The molecule has 1 aromatic heterocycles. The maximum Gasteiger partial charge on any atom is 0.274 e. The molecule has 2 aromatic carbocycles. The maximum atomic E-state index is 13.0. The number of benzene rings is 2. The van der Waals surface area contributed by atoms with Gasteiger partial charge in [-0.15, -0.1) is 0 Å². The minimum absolute atomic E-state index is 0.0579. The van der Waals surface area contributed by atoms with Gasteiger partial charge in [-0.1, -0.05) is 30.3 Å². The highest BCUT2D eigenvalue weighted by atomic mass is 19.1. The van der Waals surface area contributed by atoms with Crippen molar-refractivity contribution in [3.8, 4) is 5.75 Å². The van der Waals surface area contributed by atoms with E-state index in [-0.39, 0.29) is 55.8 Å². The third kappa shape index (κ3) is 6.99. The topological polar surface area (TPSA) is 93.5 Å². The molecule has 0 unspecified atom stereocenters.